The molecule has 2 N–H and O–H groups in total. The molecule has 0 unspecified atom stereocenters. The van der Waals surface area contributed by atoms with Gasteiger partial charge in [-0.2, -0.15) is 0 Å². The number of nitrogens with two attached hydrogens (primary N) is 1. The van der Waals surface area contributed by atoms with Gasteiger partial charge in [0.15, 0.2) is 0 Å². The van der Waals surface area contributed by atoms with Gasteiger partial charge in [-0.05, 0) is 43.0 Å². The highest BCUT2D eigenvalue weighted by atomic mass is 19.4. The smallest absolute Gasteiger partial charge is 0.406 e. The third-order valence-corrected chi connectivity index (χ3v) is 3.05. The summed E-state index contributed by atoms with van der Waals surface area (Å²) in [5, 5.41) is 0. The quantitative estimate of drug-likeness (QED) is 0.914. The van der Waals surface area contributed by atoms with Crippen LogP contribution >= 0.6 is 0 Å². The van der Waals surface area contributed by atoms with Gasteiger partial charge in [-0.15, -0.1) is 13.2 Å². The van der Waals surface area contributed by atoms with E-state index in [-0.39, 0.29) is 18.0 Å². The van der Waals surface area contributed by atoms with E-state index in [2.05, 4.69) is 4.74 Å². The molecule has 0 aromatic heterocycles. The zero-order valence-electron chi connectivity index (χ0n) is 12.5. The van der Waals surface area contributed by atoms with E-state index in [0.29, 0.717) is 17.7 Å². The molecule has 2 atom stereocenters. The van der Waals surface area contributed by atoms with Crippen LogP contribution < -0.4 is 10.5 Å². The van der Waals surface area contributed by atoms with Crippen molar-refractivity contribution in [2.75, 3.05) is 6.54 Å². The normalized spacial score (nSPS) is 21.7. The van der Waals surface area contributed by atoms with Crippen LogP contribution in [0.3, 0.4) is 0 Å². The van der Waals surface area contributed by atoms with Crippen LogP contribution in [-0.4, -0.2) is 19.0 Å². The Morgan fingerprint density at radius 3 is 2.43 bits per heavy atom. The maximum Gasteiger partial charge on any atom is 0.573 e. The molecule has 1 saturated heterocycles. The van der Waals surface area contributed by atoms with E-state index >= 15 is 0 Å². The van der Waals surface area contributed by atoms with E-state index < -0.39 is 6.36 Å². The van der Waals surface area contributed by atoms with Crippen LogP contribution in [0.4, 0.5) is 13.2 Å². The van der Waals surface area contributed by atoms with E-state index in [1.54, 1.807) is 6.92 Å². The van der Waals surface area contributed by atoms with E-state index in [1.165, 1.54) is 12.1 Å². The molecule has 3 nitrogen and oxygen atoms in total. The molecule has 0 saturated carbocycles. The predicted molar refractivity (Wildman–Crippen MR) is 75.1 cm³/mol. The van der Waals surface area contributed by atoms with Gasteiger partial charge < -0.3 is 15.2 Å². The van der Waals surface area contributed by atoms with Gasteiger partial charge in [0.2, 0.25) is 0 Å². The van der Waals surface area contributed by atoms with Gasteiger partial charge in [-0.3, -0.25) is 0 Å². The summed E-state index contributed by atoms with van der Waals surface area (Å²) in [6.07, 6.45) is -3.32. The number of hydrogen-bond donors (Lipinski definition) is 1. The maximum absolute atomic E-state index is 12.2. The Kier molecular flexibility index (Phi) is 6.48. The lowest BCUT2D eigenvalue weighted by molar-refractivity contribution is -0.274. The van der Waals surface area contributed by atoms with E-state index in [4.69, 9.17) is 10.5 Å². The standard InChI is InChI=1S/C13H16F3NO2.C2H6/c1-8-4-9(12-3-2-10(7-17)18-12)6-11(5-8)19-13(14,15)16;1-2/h4-6,10,12H,2-3,7,17H2,1H3;1-2H3/t10-,12-;/m1./s1. The molecule has 0 aliphatic carbocycles. The first-order valence-electron chi connectivity index (χ1n) is 7.10. The Morgan fingerprint density at radius 1 is 1.24 bits per heavy atom. The summed E-state index contributed by atoms with van der Waals surface area (Å²) in [6, 6.07) is 4.54. The molecule has 0 amide bonds. The first-order valence-corrected chi connectivity index (χ1v) is 7.10. The molecule has 21 heavy (non-hydrogen) atoms. The minimum absolute atomic E-state index is 0.0162. The Morgan fingerprint density at radius 2 is 1.90 bits per heavy atom. The number of aryl methyl sites for hydroxylation is 1. The van der Waals surface area contributed by atoms with Crippen molar-refractivity contribution in [1.29, 1.82) is 0 Å². The van der Waals surface area contributed by atoms with Crippen molar-refractivity contribution < 1.29 is 22.6 Å². The van der Waals surface area contributed by atoms with Crippen LogP contribution in [-0.2, 0) is 4.74 Å². The summed E-state index contributed by atoms with van der Waals surface area (Å²) < 4.78 is 46.3. The molecule has 0 bridgehead atoms. The van der Waals surface area contributed by atoms with Crippen molar-refractivity contribution in [3.63, 3.8) is 0 Å². The van der Waals surface area contributed by atoms with Crippen LogP contribution in [0, 0.1) is 6.92 Å². The molecule has 2 rings (SSSR count). The van der Waals surface area contributed by atoms with Gasteiger partial charge >= 0.3 is 6.36 Å². The van der Waals surface area contributed by atoms with Crippen molar-refractivity contribution >= 4 is 0 Å². The van der Waals surface area contributed by atoms with Crippen molar-refractivity contribution in [1.82, 2.24) is 0 Å². The molecule has 0 spiro atoms. The topological polar surface area (TPSA) is 44.5 Å². The van der Waals surface area contributed by atoms with Gasteiger partial charge in [0.05, 0.1) is 12.2 Å². The van der Waals surface area contributed by atoms with Gasteiger partial charge in [0.1, 0.15) is 5.75 Å². The fourth-order valence-corrected chi connectivity index (χ4v) is 2.28. The van der Waals surface area contributed by atoms with E-state index in [9.17, 15) is 13.2 Å². The number of alkyl halides is 3. The van der Waals surface area contributed by atoms with Crippen molar-refractivity contribution in [2.45, 2.75) is 52.2 Å². The van der Waals surface area contributed by atoms with Gasteiger partial charge in [0.25, 0.3) is 0 Å². The number of ether oxygens (including phenoxy) is 2. The lowest BCUT2D eigenvalue weighted by Gasteiger charge is -2.16. The van der Waals surface area contributed by atoms with E-state index in [1.807, 2.05) is 19.9 Å². The molecule has 1 aromatic rings. The summed E-state index contributed by atoms with van der Waals surface area (Å²) in [6.45, 7) is 6.15. The summed E-state index contributed by atoms with van der Waals surface area (Å²) in [5.41, 5.74) is 6.93. The van der Waals surface area contributed by atoms with Crippen LogP contribution in [0.2, 0.25) is 0 Å². The predicted octanol–water partition coefficient (Wildman–Crippen LogP) is 4.10. The number of hydrogen-bond acceptors (Lipinski definition) is 3. The number of rotatable bonds is 3. The molecule has 1 aromatic carbocycles. The average Bonchev–Trinajstić information content (AvgIpc) is 2.87. The third-order valence-electron chi connectivity index (χ3n) is 3.05. The highest BCUT2D eigenvalue weighted by Crippen LogP contribution is 2.35. The largest absolute Gasteiger partial charge is 0.573 e. The molecule has 120 valence electrons. The Hall–Kier alpha value is -1.27. The SMILES string of the molecule is CC.Cc1cc(OC(F)(F)F)cc([C@H]2CC[C@H](CN)O2)c1. The van der Waals surface area contributed by atoms with Gasteiger partial charge in [-0.1, -0.05) is 19.9 Å². The van der Waals surface area contributed by atoms with Crippen molar-refractivity contribution in [2.24, 2.45) is 5.73 Å². The molecular weight excluding hydrogens is 283 g/mol. The highest BCUT2D eigenvalue weighted by molar-refractivity contribution is 5.35. The van der Waals surface area contributed by atoms with Crippen LogP contribution in [0.1, 0.15) is 43.9 Å². The van der Waals surface area contributed by atoms with Crippen LogP contribution in [0.5, 0.6) is 5.75 Å². The number of halogens is 3. The Bertz CT molecular complexity index is 449. The summed E-state index contributed by atoms with van der Waals surface area (Å²) >= 11 is 0. The third kappa shape index (κ3) is 5.55. The van der Waals surface area contributed by atoms with Crippen molar-refractivity contribution in [3.05, 3.63) is 29.3 Å². The Labute approximate surface area is 123 Å². The molecule has 1 aliphatic heterocycles. The maximum atomic E-state index is 12.2. The second-order valence-electron chi connectivity index (χ2n) is 4.69. The van der Waals surface area contributed by atoms with Gasteiger partial charge in [0, 0.05) is 6.54 Å². The van der Waals surface area contributed by atoms with Crippen LogP contribution in [0.15, 0.2) is 18.2 Å². The number of benzene rings is 1. The zero-order chi connectivity index (χ0) is 16.0. The molecule has 1 fully saturated rings. The average molecular weight is 305 g/mol. The first kappa shape index (κ1) is 17.8. The van der Waals surface area contributed by atoms with Crippen LogP contribution in [0.25, 0.3) is 0 Å². The molecule has 1 aliphatic rings. The van der Waals surface area contributed by atoms with Crippen molar-refractivity contribution in [3.8, 4) is 5.75 Å². The lowest BCUT2D eigenvalue weighted by Crippen LogP contribution is -2.19. The monoisotopic (exact) mass is 305 g/mol. The molecule has 1 heterocycles. The minimum Gasteiger partial charge on any atom is -0.406 e. The second kappa shape index (κ2) is 7.66. The summed E-state index contributed by atoms with van der Waals surface area (Å²) in [5.74, 6) is -0.206. The highest BCUT2D eigenvalue weighted by Gasteiger charge is 2.32. The fraction of sp³-hybridized carbons (Fsp3) is 0.600. The molecule has 6 heteroatoms. The van der Waals surface area contributed by atoms with Gasteiger partial charge in [-0.25, -0.2) is 0 Å². The fourth-order valence-electron chi connectivity index (χ4n) is 2.28. The minimum atomic E-state index is -4.68. The summed E-state index contributed by atoms with van der Waals surface area (Å²) in [7, 11) is 0. The molecular formula is C15H22F3NO2. The Balaban J connectivity index is 0.00000106. The van der Waals surface area contributed by atoms with E-state index in [0.717, 1.165) is 12.8 Å². The zero-order valence-corrected chi connectivity index (χ0v) is 12.5. The first-order chi connectivity index (χ1) is 9.87. The molecule has 0 radical (unpaired) electrons. The second-order valence-corrected chi connectivity index (χ2v) is 4.69. The lowest BCUT2D eigenvalue weighted by atomic mass is 10.0. The summed E-state index contributed by atoms with van der Waals surface area (Å²) in [4.78, 5) is 0.